The molecule has 1 amide bonds. The van der Waals surface area contributed by atoms with Crippen molar-refractivity contribution in [2.24, 2.45) is 0 Å². The molecule has 35 heavy (non-hydrogen) atoms. The second-order valence-electron chi connectivity index (χ2n) is 8.76. The van der Waals surface area contributed by atoms with E-state index in [1.165, 1.54) is 6.08 Å². The summed E-state index contributed by atoms with van der Waals surface area (Å²) in [6.45, 7) is 7.30. The van der Waals surface area contributed by atoms with Crippen molar-refractivity contribution in [1.29, 1.82) is 0 Å². The summed E-state index contributed by atoms with van der Waals surface area (Å²) < 4.78 is 0. The summed E-state index contributed by atoms with van der Waals surface area (Å²) in [5, 5.41) is 7.96. The van der Waals surface area contributed by atoms with Crippen molar-refractivity contribution in [3.8, 4) is 11.3 Å². The Bertz CT molecular complexity index is 1400. The molecule has 2 aromatic heterocycles. The molecule has 4 aromatic rings. The number of aryl methyl sites for hydroxylation is 1. The molecule has 1 atom stereocenters. The average molecular weight is 487 g/mol. The fourth-order valence-electron chi connectivity index (χ4n) is 4.57. The van der Waals surface area contributed by atoms with E-state index < -0.39 is 0 Å². The van der Waals surface area contributed by atoms with E-state index >= 15 is 0 Å². The summed E-state index contributed by atoms with van der Waals surface area (Å²) in [5.74, 6) is 0.359. The molecule has 0 aliphatic carbocycles. The van der Waals surface area contributed by atoms with Crippen molar-refractivity contribution in [3.05, 3.63) is 78.1 Å². The first-order valence-electron chi connectivity index (χ1n) is 11.7. The predicted molar refractivity (Wildman–Crippen MR) is 143 cm³/mol. The molecule has 1 aliphatic heterocycles. The lowest BCUT2D eigenvalue weighted by atomic mass is 10.0. The maximum atomic E-state index is 11.7. The SMILES string of the molecule is C=CC(=O)Nc1ccc(N2CCC[C@@H](Nc3ncc(Cl)c(-c4c[nH]c5ccccc45)n3)C2)cc1C. The third-order valence-electron chi connectivity index (χ3n) is 6.36. The van der Waals surface area contributed by atoms with Crippen LogP contribution in [0.15, 0.2) is 67.5 Å². The number of amides is 1. The van der Waals surface area contributed by atoms with Gasteiger partial charge in [0.25, 0.3) is 0 Å². The van der Waals surface area contributed by atoms with Crippen LogP contribution < -0.4 is 15.5 Å². The molecule has 8 heteroatoms. The molecule has 3 heterocycles. The molecule has 0 saturated carbocycles. The van der Waals surface area contributed by atoms with Gasteiger partial charge in [0.05, 0.1) is 16.9 Å². The number of aromatic amines is 1. The molecule has 0 unspecified atom stereocenters. The number of halogens is 1. The molecule has 7 nitrogen and oxygen atoms in total. The number of rotatable bonds is 6. The van der Waals surface area contributed by atoms with E-state index in [2.05, 4.69) is 44.2 Å². The Labute approximate surface area is 209 Å². The summed E-state index contributed by atoms with van der Waals surface area (Å²) in [7, 11) is 0. The van der Waals surface area contributed by atoms with Crippen molar-refractivity contribution in [3.63, 3.8) is 0 Å². The van der Waals surface area contributed by atoms with Crippen molar-refractivity contribution in [2.45, 2.75) is 25.8 Å². The maximum absolute atomic E-state index is 11.7. The number of carbonyl (C=O) groups excluding carboxylic acids is 1. The van der Waals surface area contributed by atoms with E-state index in [0.717, 1.165) is 59.3 Å². The Morgan fingerprint density at radius 2 is 2.14 bits per heavy atom. The van der Waals surface area contributed by atoms with E-state index in [-0.39, 0.29) is 11.9 Å². The number of hydrogen-bond donors (Lipinski definition) is 3. The van der Waals surface area contributed by atoms with E-state index in [1.54, 1.807) is 6.20 Å². The van der Waals surface area contributed by atoms with Gasteiger partial charge in [-0.25, -0.2) is 9.97 Å². The zero-order valence-corrected chi connectivity index (χ0v) is 20.3. The van der Waals surface area contributed by atoms with Crippen LogP contribution in [0.25, 0.3) is 22.2 Å². The van der Waals surface area contributed by atoms with Gasteiger partial charge in [0.1, 0.15) is 0 Å². The third kappa shape index (κ3) is 4.86. The molecule has 1 aliphatic rings. The highest BCUT2D eigenvalue weighted by Gasteiger charge is 2.22. The second-order valence-corrected chi connectivity index (χ2v) is 9.17. The quantitative estimate of drug-likeness (QED) is 0.300. The van der Waals surface area contributed by atoms with Gasteiger partial charge in [0.2, 0.25) is 11.9 Å². The Morgan fingerprint density at radius 1 is 1.29 bits per heavy atom. The lowest BCUT2D eigenvalue weighted by Crippen LogP contribution is -2.42. The number of fused-ring (bicyclic) bond motifs is 1. The summed E-state index contributed by atoms with van der Waals surface area (Å²) in [6.07, 6.45) is 6.95. The number of aromatic nitrogens is 3. The summed E-state index contributed by atoms with van der Waals surface area (Å²) in [4.78, 5) is 26.5. The number of carbonyl (C=O) groups is 1. The number of nitrogens with one attached hydrogen (secondary N) is 3. The maximum Gasteiger partial charge on any atom is 0.247 e. The Morgan fingerprint density at radius 3 is 2.97 bits per heavy atom. The predicted octanol–water partition coefficient (Wildman–Crippen LogP) is 5.79. The van der Waals surface area contributed by atoms with Crippen LogP contribution in [-0.2, 0) is 4.79 Å². The van der Waals surface area contributed by atoms with E-state index in [0.29, 0.717) is 16.7 Å². The monoisotopic (exact) mass is 486 g/mol. The second kappa shape index (κ2) is 9.80. The molecule has 1 fully saturated rings. The summed E-state index contributed by atoms with van der Waals surface area (Å²) in [5.41, 5.74) is 5.64. The Hall–Kier alpha value is -3.84. The van der Waals surface area contributed by atoms with Gasteiger partial charge in [0.15, 0.2) is 0 Å². The largest absolute Gasteiger partial charge is 0.369 e. The van der Waals surface area contributed by atoms with Gasteiger partial charge >= 0.3 is 0 Å². The number of piperidine rings is 1. The molecule has 1 saturated heterocycles. The van der Waals surface area contributed by atoms with Gasteiger partial charge in [-0.2, -0.15) is 0 Å². The van der Waals surface area contributed by atoms with E-state index in [9.17, 15) is 4.79 Å². The normalized spacial score (nSPS) is 15.7. The zero-order chi connectivity index (χ0) is 24.4. The first-order chi connectivity index (χ1) is 17.0. The number of para-hydroxylation sites is 1. The Kier molecular flexibility index (Phi) is 6.42. The highest BCUT2D eigenvalue weighted by Crippen LogP contribution is 2.33. The smallest absolute Gasteiger partial charge is 0.247 e. The van der Waals surface area contributed by atoms with Crippen LogP contribution in [0.4, 0.5) is 17.3 Å². The number of nitrogens with zero attached hydrogens (tertiary/aromatic N) is 3. The highest BCUT2D eigenvalue weighted by molar-refractivity contribution is 6.33. The first-order valence-corrected chi connectivity index (χ1v) is 12.0. The molecular formula is C27H27ClN6O. The number of H-pyrrole nitrogens is 1. The standard InChI is InChI=1S/C27H27ClN6O/c1-3-25(35)32-23-11-10-19(13-17(23)2)34-12-6-7-18(16-34)31-27-30-15-22(28)26(33-27)21-14-29-24-9-5-4-8-20(21)24/h3-5,8-11,13-15,18,29H,1,6-7,12,16H2,2H3,(H,32,35)(H,30,31,33)/t18-/m1/s1. The summed E-state index contributed by atoms with van der Waals surface area (Å²) >= 11 is 6.50. The Balaban J connectivity index is 1.32. The minimum atomic E-state index is -0.210. The van der Waals surface area contributed by atoms with Gasteiger partial charge in [-0.1, -0.05) is 36.4 Å². The number of anilines is 3. The molecular weight excluding hydrogens is 460 g/mol. The lowest BCUT2D eigenvalue weighted by molar-refractivity contribution is -0.111. The molecule has 5 rings (SSSR count). The van der Waals surface area contributed by atoms with Gasteiger partial charge in [-0.05, 0) is 55.7 Å². The first kappa shape index (κ1) is 22.9. The van der Waals surface area contributed by atoms with Gasteiger partial charge in [-0.15, -0.1) is 0 Å². The van der Waals surface area contributed by atoms with E-state index in [4.69, 9.17) is 16.6 Å². The molecule has 178 valence electrons. The molecule has 3 N–H and O–H groups in total. The van der Waals surface area contributed by atoms with Crippen LogP contribution in [0, 0.1) is 6.92 Å². The van der Waals surface area contributed by atoms with Crippen LogP contribution in [0.1, 0.15) is 18.4 Å². The van der Waals surface area contributed by atoms with Gasteiger partial charge in [-0.3, -0.25) is 4.79 Å². The minimum Gasteiger partial charge on any atom is -0.369 e. The van der Waals surface area contributed by atoms with E-state index in [1.807, 2.05) is 43.5 Å². The van der Waals surface area contributed by atoms with Crippen LogP contribution in [0.5, 0.6) is 0 Å². The molecule has 0 bridgehead atoms. The van der Waals surface area contributed by atoms with Gasteiger partial charge in [0, 0.05) is 53.2 Å². The zero-order valence-electron chi connectivity index (χ0n) is 19.5. The van der Waals surface area contributed by atoms with Crippen molar-refractivity contribution >= 4 is 45.7 Å². The fourth-order valence-corrected chi connectivity index (χ4v) is 4.77. The average Bonchev–Trinajstić information content (AvgIpc) is 3.30. The minimum absolute atomic E-state index is 0.196. The number of hydrogen-bond acceptors (Lipinski definition) is 5. The van der Waals surface area contributed by atoms with Crippen LogP contribution in [0.2, 0.25) is 5.02 Å². The van der Waals surface area contributed by atoms with Crippen molar-refractivity contribution < 1.29 is 4.79 Å². The van der Waals surface area contributed by atoms with Gasteiger partial charge < -0.3 is 20.5 Å². The van der Waals surface area contributed by atoms with Crippen molar-refractivity contribution in [2.75, 3.05) is 28.6 Å². The fraction of sp³-hybridized carbons (Fsp3) is 0.222. The number of benzene rings is 2. The van der Waals surface area contributed by atoms with Crippen LogP contribution in [0.3, 0.4) is 0 Å². The molecule has 2 aromatic carbocycles. The highest BCUT2D eigenvalue weighted by atomic mass is 35.5. The molecule has 0 spiro atoms. The van der Waals surface area contributed by atoms with Crippen LogP contribution >= 0.6 is 11.6 Å². The lowest BCUT2D eigenvalue weighted by Gasteiger charge is -2.35. The third-order valence-corrected chi connectivity index (χ3v) is 6.64. The van der Waals surface area contributed by atoms with Crippen molar-refractivity contribution in [1.82, 2.24) is 15.0 Å². The summed E-state index contributed by atoms with van der Waals surface area (Å²) in [6, 6.07) is 14.4. The van der Waals surface area contributed by atoms with Crippen LogP contribution in [-0.4, -0.2) is 40.0 Å². The topological polar surface area (TPSA) is 85.9 Å². The molecule has 0 radical (unpaired) electrons.